The third kappa shape index (κ3) is 3.16. The Labute approximate surface area is 115 Å². The lowest BCUT2D eigenvalue weighted by atomic mass is 10.1. The third-order valence-corrected chi connectivity index (χ3v) is 2.78. The Morgan fingerprint density at radius 1 is 1.17 bits per heavy atom. The van der Waals surface area contributed by atoms with E-state index in [9.17, 15) is 0 Å². The Balaban J connectivity index is 2.14. The second-order valence-electron chi connectivity index (χ2n) is 3.57. The summed E-state index contributed by atoms with van der Waals surface area (Å²) in [7, 11) is 0. The van der Waals surface area contributed by atoms with Crippen LogP contribution >= 0.6 is 23.2 Å². The van der Waals surface area contributed by atoms with Crippen LogP contribution < -0.4 is 4.74 Å². The molecular formula is C14H8Cl2NO. The van der Waals surface area contributed by atoms with Gasteiger partial charge in [0.1, 0.15) is 12.4 Å². The van der Waals surface area contributed by atoms with E-state index in [1.807, 2.05) is 0 Å². The predicted molar refractivity (Wildman–Crippen MR) is 70.8 cm³/mol. The van der Waals surface area contributed by atoms with Crippen LogP contribution in [0, 0.1) is 17.4 Å². The minimum Gasteiger partial charge on any atom is -0.488 e. The van der Waals surface area contributed by atoms with Gasteiger partial charge in [0.25, 0.3) is 0 Å². The number of halogens is 2. The van der Waals surface area contributed by atoms with Crippen molar-refractivity contribution in [1.29, 1.82) is 5.26 Å². The van der Waals surface area contributed by atoms with Crippen LogP contribution in [0.2, 0.25) is 10.0 Å². The number of rotatable bonds is 3. The molecule has 0 saturated carbocycles. The van der Waals surface area contributed by atoms with E-state index in [1.54, 1.807) is 36.4 Å². The minimum absolute atomic E-state index is 0.275. The van der Waals surface area contributed by atoms with Crippen LogP contribution in [0.5, 0.6) is 5.75 Å². The highest BCUT2D eigenvalue weighted by Gasteiger charge is 2.04. The van der Waals surface area contributed by atoms with Crippen molar-refractivity contribution < 1.29 is 4.74 Å². The van der Waals surface area contributed by atoms with Crippen LogP contribution in [0.15, 0.2) is 36.4 Å². The van der Waals surface area contributed by atoms with Gasteiger partial charge in [0.05, 0.1) is 11.6 Å². The number of benzene rings is 2. The van der Waals surface area contributed by atoms with Crippen LogP contribution in [-0.4, -0.2) is 0 Å². The van der Waals surface area contributed by atoms with Gasteiger partial charge in [0, 0.05) is 21.7 Å². The standard InChI is InChI=1S/C14H8Cl2NO/c15-12-2-1-3-14(7-12)18-9-10-4-5-13(16)6-11(10)8-17/h1-2,4-7H,9H2. The summed E-state index contributed by atoms with van der Waals surface area (Å²) < 4.78 is 5.52. The predicted octanol–water partition coefficient (Wildman–Crippen LogP) is 4.24. The molecule has 0 unspecified atom stereocenters. The molecule has 1 radical (unpaired) electrons. The van der Waals surface area contributed by atoms with Crippen LogP contribution in [0.4, 0.5) is 0 Å². The van der Waals surface area contributed by atoms with Gasteiger partial charge in [-0.1, -0.05) is 29.3 Å². The van der Waals surface area contributed by atoms with Gasteiger partial charge in [-0.25, -0.2) is 0 Å². The molecule has 0 N–H and O–H groups in total. The quantitative estimate of drug-likeness (QED) is 0.840. The molecule has 2 aromatic rings. The summed E-state index contributed by atoms with van der Waals surface area (Å²) in [6.45, 7) is 0.275. The molecule has 2 rings (SSSR count). The Morgan fingerprint density at radius 2 is 1.94 bits per heavy atom. The summed E-state index contributed by atoms with van der Waals surface area (Å²) in [6.07, 6.45) is 0. The third-order valence-electron chi connectivity index (χ3n) is 2.31. The SMILES string of the molecule is N#Cc1cc(Cl)ccc1COc1[c]ccc(Cl)c1. The van der Waals surface area contributed by atoms with E-state index in [1.165, 1.54) is 0 Å². The smallest absolute Gasteiger partial charge is 0.129 e. The maximum atomic E-state index is 8.99. The molecule has 0 bridgehead atoms. The summed E-state index contributed by atoms with van der Waals surface area (Å²) >= 11 is 11.7. The highest BCUT2D eigenvalue weighted by molar-refractivity contribution is 6.31. The summed E-state index contributed by atoms with van der Waals surface area (Å²) in [5.41, 5.74) is 1.28. The zero-order valence-electron chi connectivity index (χ0n) is 9.28. The normalized spacial score (nSPS) is 9.83. The minimum atomic E-state index is 0.275. The molecule has 0 atom stereocenters. The fourth-order valence-corrected chi connectivity index (χ4v) is 1.77. The fourth-order valence-electron chi connectivity index (χ4n) is 1.44. The fraction of sp³-hybridized carbons (Fsp3) is 0.0714. The lowest BCUT2D eigenvalue weighted by Gasteiger charge is -2.07. The maximum absolute atomic E-state index is 8.99. The average molecular weight is 277 g/mol. The summed E-state index contributed by atoms with van der Waals surface area (Å²) in [5, 5.41) is 10.1. The molecular weight excluding hydrogens is 269 g/mol. The van der Waals surface area contributed by atoms with E-state index < -0.39 is 0 Å². The molecule has 89 valence electrons. The molecule has 2 nitrogen and oxygen atoms in total. The van der Waals surface area contributed by atoms with Gasteiger partial charge in [0.2, 0.25) is 0 Å². The number of hydrogen-bond acceptors (Lipinski definition) is 2. The maximum Gasteiger partial charge on any atom is 0.129 e. The van der Waals surface area contributed by atoms with Crippen molar-refractivity contribution >= 4 is 23.2 Å². The molecule has 0 aliphatic carbocycles. The Morgan fingerprint density at radius 3 is 2.67 bits per heavy atom. The molecule has 0 aliphatic rings. The van der Waals surface area contributed by atoms with E-state index in [4.69, 9.17) is 33.2 Å². The summed E-state index contributed by atoms with van der Waals surface area (Å²) in [4.78, 5) is 0. The van der Waals surface area contributed by atoms with E-state index in [0.717, 1.165) is 5.56 Å². The topological polar surface area (TPSA) is 33.0 Å². The molecule has 0 heterocycles. The van der Waals surface area contributed by atoms with Crippen molar-refractivity contribution in [3.8, 4) is 11.8 Å². The van der Waals surface area contributed by atoms with E-state index >= 15 is 0 Å². The molecule has 18 heavy (non-hydrogen) atoms. The zero-order chi connectivity index (χ0) is 13.0. The lowest BCUT2D eigenvalue weighted by Crippen LogP contribution is -1.98. The molecule has 0 aromatic heterocycles. The number of nitriles is 1. The molecule has 0 fully saturated rings. The van der Waals surface area contributed by atoms with Crippen LogP contribution in [0.1, 0.15) is 11.1 Å². The number of hydrogen-bond donors (Lipinski definition) is 0. The van der Waals surface area contributed by atoms with Gasteiger partial charge in [-0.15, -0.1) is 0 Å². The van der Waals surface area contributed by atoms with Crippen LogP contribution in [0.3, 0.4) is 0 Å². The van der Waals surface area contributed by atoms with Crippen LogP contribution in [-0.2, 0) is 6.61 Å². The first-order valence-electron chi connectivity index (χ1n) is 5.17. The van der Waals surface area contributed by atoms with Crippen molar-refractivity contribution in [2.45, 2.75) is 6.61 Å². The highest BCUT2D eigenvalue weighted by atomic mass is 35.5. The molecule has 0 aliphatic heterocycles. The van der Waals surface area contributed by atoms with Gasteiger partial charge in [-0.05, 0) is 30.3 Å². The number of nitrogens with zero attached hydrogens (tertiary/aromatic N) is 1. The highest BCUT2D eigenvalue weighted by Crippen LogP contribution is 2.20. The molecule has 0 amide bonds. The van der Waals surface area contributed by atoms with Crippen molar-refractivity contribution in [2.75, 3.05) is 0 Å². The monoisotopic (exact) mass is 276 g/mol. The molecule has 4 heteroatoms. The summed E-state index contributed by atoms with van der Waals surface area (Å²) in [6, 6.07) is 15.2. The van der Waals surface area contributed by atoms with Gasteiger partial charge in [0.15, 0.2) is 0 Å². The van der Waals surface area contributed by atoms with E-state index in [2.05, 4.69) is 12.1 Å². The number of ether oxygens (including phenoxy) is 1. The zero-order valence-corrected chi connectivity index (χ0v) is 10.8. The first-order valence-corrected chi connectivity index (χ1v) is 5.93. The largest absolute Gasteiger partial charge is 0.488 e. The Hall–Kier alpha value is -1.69. The van der Waals surface area contributed by atoms with E-state index in [0.29, 0.717) is 21.4 Å². The van der Waals surface area contributed by atoms with Crippen molar-refractivity contribution in [3.05, 3.63) is 63.6 Å². The Kier molecular flexibility index (Phi) is 4.09. The van der Waals surface area contributed by atoms with Crippen molar-refractivity contribution in [1.82, 2.24) is 0 Å². The first-order chi connectivity index (χ1) is 8.69. The van der Waals surface area contributed by atoms with Gasteiger partial charge in [-0.2, -0.15) is 5.26 Å². The van der Waals surface area contributed by atoms with Crippen molar-refractivity contribution in [3.63, 3.8) is 0 Å². The second kappa shape index (κ2) is 5.77. The molecule has 0 saturated heterocycles. The summed E-state index contributed by atoms with van der Waals surface area (Å²) in [5.74, 6) is 0.543. The van der Waals surface area contributed by atoms with Gasteiger partial charge in [-0.3, -0.25) is 0 Å². The first kappa shape index (κ1) is 12.8. The van der Waals surface area contributed by atoms with Crippen molar-refractivity contribution in [2.24, 2.45) is 0 Å². The lowest BCUT2D eigenvalue weighted by molar-refractivity contribution is 0.305. The second-order valence-corrected chi connectivity index (χ2v) is 4.45. The van der Waals surface area contributed by atoms with Gasteiger partial charge < -0.3 is 4.74 Å². The van der Waals surface area contributed by atoms with Gasteiger partial charge >= 0.3 is 0 Å². The molecule has 2 aromatic carbocycles. The Bertz CT molecular complexity index is 605. The molecule has 0 spiro atoms. The average Bonchev–Trinajstić information content (AvgIpc) is 2.37. The van der Waals surface area contributed by atoms with Crippen LogP contribution in [0.25, 0.3) is 0 Å². The van der Waals surface area contributed by atoms with E-state index in [-0.39, 0.29) is 6.61 Å².